The highest BCUT2D eigenvalue weighted by Gasteiger charge is 2.40. The zero-order valence-corrected chi connectivity index (χ0v) is 14.3. The molecule has 1 atom stereocenters. The minimum absolute atomic E-state index is 0.0655. The summed E-state index contributed by atoms with van der Waals surface area (Å²) < 4.78 is 0. The number of aliphatic carboxylic acids is 1. The van der Waals surface area contributed by atoms with Crippen molar-refractivity contribution in [2.24, 2.45) is 10.2 Å². The predicted molar refractivity (Wildman–Crippen MR) is 101 cm³/mol. The van der Waals surface area contributed by atoms with Crippen LogP contribution in [0.2, 0.25) is 0 Å². The Labute approximate surface area is 153 Å². The van der Waals surface area contributed by atoms with Crippen LogP contribution in [0.4, 0.5) is 5.69 Å². The molecular formula is C18H15N3O4S. The summed E-state index contributed by atoms with van der Waals surface area (Å²) in [6, 6.07) is 15.4. The number of thioether (sulfide) groups is 1. The zero-order chi connectivity index (χ0) is 18.5. The number of anilines is 1. The van der Waals surface area contributed by atoms with Gasteiger partial charge in [0.1, 0.15) is 11.0 Å². The van der Waals surface area contributed by atoms with Crippen molar-refractivity contribution in [3.05, 3.63) is 60.2 Å². The molecule has 132 valence electrons. The Morgan fingerprint density at radius 2 is 1.85 bits per heavy atom. The molecule has 1 unspecified atom stereocenters. The van der Waals surface area contributed by atoms with Crippen LogP contribution in [0.5, 0.6) is 5.75 Å². The molecule has 2 N–H and O–H groups in total. The molecule has 8 heteroatoms. The Balaban J connectivity index is 1.90. The second-order valence-corrected chi connectivity index (χ2v) is 6.60. The van der Waals surface area contributed by atoms with Crippen LogP contribution in [0.1, 0.15) is 12.0 Å². The number of benzene rings is 2. The Bertz CT molecular complexity index is 866. The van der Waals surface area contributed by atoms with Crippen LogP contribution in [-0.2, 0) is 9.59 Å². The topological polar surface area (TPSA) is 103 Å². The van der Waals surface area contributed by atoms with Gasteiger partial charge in [0.2, 0.25) is 5.91 Å². The third kappa shape index (κ3) is 4.09. The maximum Gasteiger partial charge on any atom is 0.305 e. The molecule has 7 nitrogen and oxygen atoms in total. The SMILES string of the molecule is O=C(O)CC1S/C(=N\N=C\c2ccccc2)N(c2ccc(O)cc2)C1=O. The normalized spacial score (nSPS) is 18.8. The molecule has 0 saturated carbocycles. The maximum absolute atomic E-state index is 12.6. The first-order valence-electron chi connectivity index (χ1n) is 7.72. The lowest BCUT2D eigenvalue weighted by molar-refractivity contribution is -0.138. The number of amides is 1. The number of rotatable bonds is 5. The first-order chi connectivity index (χ1) is 12.5. The van der Waals surface area contributed by atoms with Crippen molar-refractivity contribution in [2.75, 3.05) is 4.90 Å². The minimum Gasteiger partial charge on any atom is -0.508 e. The van der Waals surface area contributed by atoms with Crippen molar-refractivity contribution in [3.8, 4) is 5.75 Å². The Hall–Kier alpha value is -3.13. The molecule has 0 aromatic heterocycles. The van der Waals surface area contributed by atoms with Crippen LogP contribution in [0.25, 0.3) is 0 Å². The average molecular weight is 369 g/mol. The molecule has 2 aromatic rings. The molecule has 0 spiro atoms. The van der Waals surface area contributed by atoms with Crippen molar-refractivity contribution in [1.29, 1.82) is 0 Å². The molecule has 2 aromatic carbocycles. The van der Waals surface area contributed by atoms with E-state index in [1.54, 1.807) is 18.3 Å². The van der Waals surface area contributed by atoms with E-state index >= 15 is 0 Å². The van der Waals surface area contributed by atoms with E-state index < -0.39 is 11.2 Å². The number of aromatic hydroxyl groups is 1. The molecule has 0 radical (unpaired) electrons. The summed E-state index contributed by atoms with van der Waals surface area (Å²) in [6.07, 6.45) is 1.25. The minimum atomic E-state index is -1.06. The van der Waals surface area contributed by atoms with Gasteiger partial charge in [0, 0.05) is 0 Å². The van der Waals surface area contributed by atoms with Crippen LogP contribution < -0.4 is 4.90 Å². The summed E-state index contributed by atoms with van der Waals surface area (Å²) in [7, 11) is 0. The number of hydrogen-bond donors (Lipinski definition) is 2. The highest BCUT2D eigenvalue weighted by atomic mass is 32.2. The fourth-order valence-corrected chi connectivity index (χ4v) is 3.43. The third-order valence-corrected chi connectivity index (χ3v) is 4.68. The fourth-order valence-electron chi connectivity index (χ4n) is 2.35. The molecule has 1 heterocycles. The van der Waals surface area contributed by atoms with Gasteiger partial charge in [-0.15, -0.1) is 5.10 Å². The van der Waals surface area contributed by atoms with E-state index in [-0.39, 0.29) is 18.1 Å². The van der Waals surface area contributed by atoms with Gasteiger partial charge in [-0.2, -0.15) is 5.10 Å². The monoisotopic (exact) mass is 369 g/mol. The maximum atomic E-state index is 12.6. The number of carboxylic acids is 1. The number of hydrogen-bond acceptors (Lipinski definition) is 6. The first-order valence-corrected chi connectivity index (χ1v) is 8.60. The smallest absolute Gasteiger partial charge is 0.305 e. The lowest BCUT2D eigenvalue weighted by Gasteiger charge is -2.15. The fraction of sp³-hybridized carbons (Fsp3) is 0.111. The summed E-state index contributed by atoms with van der Waals surface area (Å²) in [5.74, 6) is -1.37. The zero-order valence-electron chi connectivity index (χ0n) is 13.5. The first kappa shape index (κ1) is 17.7. The number of nitrogens with zero attached hydrogens (tertiary/aromatic N) is 3. The van der Waals surface area contributed by atoms with Crippen LogP contribution in [0, 0.1) is 0 Å². The standard InChI is InChI=1S/C18H15N3O4S/c22-14-8-6-13(7-9-14)21-17(25)15(10-16(23)24)26-18(21)20-19-11-12-4-2-1-3-5-12/h1-9,11,15,22H,10H2,(H,23,24)/b19-11+,20-18-. The van der Waals surface area contributed by atoms with E-state index in [0.717, 1.165) is 17.3 Å². The summed E-state index contributed by atoms with van der Waals surface area (Å²) in [5.41, 5.74) is 1.34. The van der Waals surface area contributed by atoms with E-state index in [9.17, 15) is 14.7 Å². The number of amidine groups is 1. The van der Waals surface area contributed by atoms with Crippen molar-refractivity contribution in [3.63, 3.8) is 0 Å². The van der Waals surface area contributed by atoms with Gasteiger partial charge in [-0.25, -0.2) is 0 Å². The Morgan fingerprint density at radius 1 is 1.15 bits per heavy atom. The van der Waals surface area contributed by atoms with Crippen LogP contribution in [0.3, 0.4) is 0 Å². The third-order valence-electron chi connectivity index (χ3n) is 3.55. The molecule has 1 saturated heterocycles. The quantitative estimate of drug-likeness (QED) is 0.623. The number of phenolic OH excluding ortho intramolecular Hbond substituents is 1. The van der Waals surface area contributed by atoms with Crippen molar-refractivity contribution in [1.82, 2.24) is 0 Å². The van der Waals surface area contributed by atoms with Crippen LogP contribution >= 0.6 is 11.8 Å². The number of phenols is 1. The molecular weight excluding hydrogens is 354 g/mol. The van der Waals surface area contributed by atoms with Gasteiger partial charge in [0.15, 0.2) is 5.17 Å². The second kappa shape index (κ2) is 7.83. The predicted octanol–water partition coefficient (Wildman–Crippen LogP) is 2.71. The molecule has 1 aliphatic rings. The highest BCUT2D eigenvalue weighted by molar-refractivity contribution is 8.16. The van der Waals surface area contributed by atoms with Crippen molar-refractivity contribution < 1.29 is 19.8 Å². The molecule has 0 bridgehead atoms. The van der Waals surface area contributed by atoms with E-state index in [2.05, 4.69) is 10.2 Å². The van der Waals surface area contributed by atoms with Gasteiger partial charge in [-0.3, -0.25) is 14.5 Å². The molecule has 1 amide bonds. The van der Waals surface area contributed by atoms with E-state index in [4.69, 9.17) is 5.11 Å². The lowest BCUT2D eigenvalue weighted by Crippen LogP contribution is -2.32. The van der Waals surface area contributed by atoms with Crippen molar-refractivity contribution >= 4 is 40.7 Å². The summed E-state index contributed by atoms with van der Waals surface area (Å²) in [5, 5.41) is 26.1. The van der Waals surface area contributed by atoms with Crippen LogP contribution in [0.15, 0.2) is 64.8 Å². The van der Waals surface area contributed by atoms with Gasteiger partial charge < -0.3 is 10.2 Å². The van der Waals surface area contributed by atoms with Crippen LogP contribution in [-0.4, -0.2) is 38.7 Å². The Morgan fingerprint density at radius 3 is 2.50 bits per heavy atom. The van der Waals surface area contributed by atoms with Crippen molar-refractivity contribution in [2.45, 2.75) is 11.7 Å². The van der Waals surface area contributed by atoms with E-state index in [1.807, 2.05) is 30.3 Å². The number of carbonyl (C=O) groups is 2. The van der Waals surface area contributed by atoms with E-state index in [0.29, 0.717) is 10.9 Å². The average Bonchev–Trinajstić information content (AvgIpc) is 2.92. The molecule has 0 aliphatic carbocycles. The highest BCUT2D eigenvalue weighted by Crippen LogP contribution is 2.34. The molecule has 26 heavy (non-hydrogen) atoms. The van der Waals surface area contributed by atoms with Gasteiger partial charge in [0.05, 0.1) is 18.3 Å². The number of carboxylic acid groups (broad SMARTS) is 1. The summed E-state index contributed by atoms with van der Waals surface area (Å²) in [4.78, 5) is 24.9. The molecule has 3 rings (SSSR count). The molecule has 1 aliphatic heterocycles. The summed E-state index contributed by atoms with van der Waals surface area (Å²) >= 11 is 1.06. The van der Waals surface area contributed by atoms with E-state index in [1.165, 1.54) is 17.0 Å². The summed E-state index contributed by atoms with van der Waals surface area (Å²) in [6.45, 7) is 0. The second-order valence-electron chi connectivity index (χ2n) is 5.43. The molecule has 1 fully saturated rings. The van der Waals surface area contributed by atoms with Gasteiger partial charge >= 0.3 is 5.97 Å². The number of carbonyl (C=O) groups excluding carboxylic acids is 1. The van der Waals surface area contributed by atoms with Gasteiger partial charge in [-0.05, 0) is 29.8 Å². The lowest BCUT2D eigenvalue weighted by atomic mass is 10.2. The largest absolute Gasteiger partial charge is 0.508 e. The van der Waals surface area contributed by atoms with Gasteiger partial charge in [0.25, 0.3) is 0 Å². The Kier molecular flexibility index (Phi) is 5.33. The van der Waals surface area contributed by atoms with Gasteiger partial charge in [-0.1, -0.05) is 42.1 Å².